The van der Waals surface area contributed by atoms with Crippen molar-refractivity contribution in [1.82, 2.24) is 15.1 Å². The summed E-state index contributed by atoms with van der Waals surface area (Å²) >= 11 is 0. The number of ether oxygens (including phenoxy) is 1. The van der Waals surface area contributed by atoms with Crippen LogP contribution in [-0.2, 0) is 18.4 Å². The molecule has 1 amide bonds. The minimum absolute atomic E-state index is 0.105. The van der Waals surface area contributed by atoms with E-state index in [9.17, 15) is 4.79 Å². The maximum Gasteiger partial charge on any atom is 0.261 e. The van der Waals surface area contributed by atoms with Crippen LogP contribution in [0.3, 0.4) is 0 Å². The Morgan fingerprint density at radius 2 is 2.07 bits per heavy atom. The lowest BCUT2D eigenvalue weighted by Gasteiger charge is -2.26. The summed E-state index contributed by atoms with van der Waals surface area (Å²) in [7, 11) is 1.94. The van der Waals surface area contributed by atoms with Crippen molar-refractivity contribution < 1.29 is 9.53 Å². The van der Waals surface area contributed by atoms with E-state index in [1.165, 1.54) is 24.8 Å². The summed E-state index contributed by atoms with van der Waals surface area (Å²) in [6.45, 7) is 8.59. The topological polar surface area (TPSA) is 56.1 Å². The third-order valence-corrected chi connectivity index (χ3v) is 5.53. The Morgan fingerprint density at radius 1 is 1.33 bits per heavy atom. The Bertz CT molecular complexity index is 806. The Morgan fingerprint density at radius 3 is 2.70 bits per heavy atom. The van der Waals surface area contributed by atoms with Gasteiger partial charge in [0, 0.05) is 7.05 Å². The molecule has 146 valence electrons. The molecule has 0 saturated heterocycles. The number of carbonyl (C=O) groups excluding carboxylic acids is 1. The van der Waals surface area contributed by atoms with Gasteiger partial charge in [-0.05, 0) is 61.3 Å². The number of nitrogens with zero attached hydrogens (tertiary/aromatic N) is 2. The Balaban J connectivity index is 1.64. The standard InChI is InChI=1S/C22H31N3O2/c1-14(2)18-10-9-15(3)11-21(18)27-16(4)22(26)23-13-20-19(12-24-25(20)5)17-7-6-8-17/h9-12,14,16-17H,6-8,13H2,1-5H3,(H,23,26). The molecule has 1 heterocycles. The van der Waals surface area contributed by atoms with Crippen molar-refractivity contribution in [3.8, 4) is 5.75 Å². The second-order valence-electron chi connectivity index (χ2n) is 7.97. The van der Waals surface area contributed by atoms with E-state index in [1.54, 1.807) is 6.92 Å². The minimum Gasteiger partial charge on any atom is -0.481 e. The van der Waals surface area contributed by atoms with E-state index in [-0.39, 0.29) is 5.91 Å². The van der Waals surface area contributed by atoms with E-state index in [0.717, 1.165) is 22.6 Å². The van der Waals surface area contributed by atoms with Gasteiger partial charge in [0.05, 0.1) is 18.4 Å². The van der Waals surface area contributed by atoms with Gasteiger partial charge < -0.3 is 10.1 Å². The molecule has 1 aliphatic rings. The van der Waals surface area contributed by atoms with Crippen molar-refractivity contribution >= 4 is 5.91 Å². The van der Waals surface area contributed by atoms with Gasteiger partial charge in [0.2, 0.25) is 0 Å². The molecule has 1 saturated carbocycles. The number of hydrogen-bond acceptors (Lipinski definition) is 3. The SMILES string of the molecule is Cc1ccc(C(C)C)c(OC(C)C(=O)NCc2c(C3CCC3)cnn2C)c1. The van der Waals surface area contributed by atoms with Gasteiger partial charge in [-0.1, -0.05) is 32.4 Å². The van der Waals surface area contributed by atoms with Crippen LogP contribution in [0.1, 0.15) is 74.3 Å². The summed E-state index contributed by atoms with van der Waals surface area (Å²) in [5.41, 5.74) is 4.62. The highest BCUT2D eigenvalue weighted by Gasteiger charge is 2.25. The van der Waals surface area contributed by atoms with Crippen LogP contribution in [-0.4, -0.2) is 21.8 Å². The molecular weight excluding hydrogens is 338 g/mol. The molecule has 0 aliphatic heterocycles. The molecule has 1 aliphatic carbocycles. The fraction of sp³-hybridized carbons (Fsp3) is 0.545. The smallest absolute Gasteiger partial charge is 0.261 e. The number of amides is 1. The molecule has 0 radical (unpaired) electrons. The number of rotatable bonds is 7. The molecule has 0 bridgehead atoms. The minimum atomic E-state index is -0.551. The predicted octanol–water partition coefficient (Wildman–Crippen LogP) is 4.20. The number of aromatic nitrogens is 2. The van der Waals surface area contributed by atoms with Gasteiger partial charge >= 0.3 is 0 Å². The van der Waals surface area contributed by atoms with Crippen molar-refractivity contribution in [3.63, 3.8) is 0 Å². The maximum absolute atomic E-state index is 12.6. The molecular formula is C22H31N3O2. The summed E-state index contributed by atoms with van der Waals surface area (Å²) < 4.78 is 7.90. The third kappa shape index (κ3) is 4.34. The van der Waals surface area contributed by atoms with E-state index in [4.69, 9.17) is 4.74 Å². The summed E-state index contributed by atoms with van der Waals surface area (Å²) in [5.74, 6) is 1.63. The normalized spacial score (nSPS) is 15.5. The summed E-state index contributed by atoms with van der Waals surface area (Å²) in [6, 6.07) is 6.17. The lowest BCUT2D eigenvalue weighted by atomic mass is 9.80. The van der Waals surface area contributed by atoms with Crippen LogP contribution in [0.15, 0.2) is 24.4 Å². The molecule has 1 atom stereocenters. The summed E-state index contributed by atoms with van der Waals surface area (Å²) in [6.07, 6.45) is 5.12. The second kappa shape index (κ2) is 8.15. The predicted molar refractivity (Wildman–Crippen MR) is 107 cm³/mol. The summed E-state index contributed by atoms with van der Waals surface area (Å²) in [4.78, 5) is 12.6. The highest BCUT2D eigenvalue weighted by atomic mass is 16.5. The van der Waals surface area contributed by atoms with Crippen molar-refractivity contribution in [3.05, 3.63) is 46.8 Å². The van der Waals surface area contributed by atoms with Crippen molar-refractivity contribution in [2.45, 2.75) is 71.4 Å². The monoisotopic (exact) mass is 369 g/mol. The van der Waals surface area contributed by atoms with Gasteiger partial charge in [0.25, 0.3) is 5.91 Å². The first-order valence-electron chi connectivity index (χ1n) is 9.92. The molecule has 1 aromatic heterocycles. The van der Waals surface area contributed by atoms with Crippen LogP contribution in [0.4, 0.5) is 0 Å². The Labute approximate surface area is 162 Å². The molecule has 1 aromatic carbocycles. The van der Waals surface area contributed by atoms with Gasteiger partial charge in [-0.15, -0.1) is 0 Å². The number of benzene rings is 1. The van der Waals surface area contributed by atoms with Crippen LogP contribution in [0.2, 0.25) is 0 Å². The van der Waals surface area contributed by atoms with Crippen molar-refractivity contribution in [2.75, 3.05) is 0 Å². The van der Waals surface area contributed by atoms with Crippen LogP contribution in [0.25, 0.3) is 0 Å². The molecule has 3 rings (SSSR count). The molecule has 2 aromatic rings. The largest absolute Gasteiger partial charge is 0.481 e. The fourth-order valence-electron chi connectivity index (χ4n) is 3.54. The molecule has 1 unspecified atom stereocenters. The number of hydrogen-bond donors (Lipinski definition) is 1. The molecule has 5 nitrogen and oxygen atoms in total. The average molecular weight is 370 g/mol. The van der Waals surface area contributed by atoms with Gasteiger partial charge in [-0.2, -0.15) is 5.10 Å². The summed E-state index contributed by atoms with van der Waals surface area (Å²) in [5, 5.41) is 7.41. The van der Waals surface area contributed by atoms with E-state index in [1.807, 2.05) is 30.9 Å². The quantitative estimate of drug-likeness (QED) is 0.796. The van der Waals surface area contributed by atoms with Crippen LogP contribution >= 0.6 is 0 Å². The molecule has 1 fully saturated rings. The second-order valence-corrected chi connectivity index (χ2v) is 7.97. The highest BCUT2D eigenvalue weighted by molar-refractivity contribution is 5.80. The first-order valence-corrected chi connectivity index (χ1v) is 9.92. The van der Waals surface area contributed by atoms with Crippen molar-refractivity contribution in [1.29, 1.82) is 0 Å². The van der Waals surface area contributed by atoms with Gasteiger partial charge in [-0.25, -0.2) is 0 Å². The Hall–Kier alpha value is -2.30. The maximum atomic E-state index is 12.6. The van der Waals surface area contributed by atoms with Gasteiger partial charge in [0.15, 0.2) is 6.10 Å². The van der Waals surface area contributed by atoms with Crippen molar-refractivity contribution in [2.24, 2.45) is 7.05 Å². The lowest BCUT2D eigenvalue weighted by molar-refractivity contribution is -0.127. The van der Waals surface area contributed by atoms with Gasteiger partial charge in [0.1, 0.15) is 5.75 Å². The lowest BCUT2D eigenvalue weighted by Crippen LogP contribution is -2.36. The van der Waals surface area contributed by atoms with Gasteiger partial charge in [-0.3, -0.25) is 9.48 Å². The molecule has 0 spiro atoms. The number of nitrogens with one attached hydrogen (secondary N) is 1. The zero-order valence-electron chi connectivity index (χ0n) is 17.1. The number of aryl methyl sites for hydroxylation is 2. The molecule has 5 heteroatoms. The van der Waals surface area contributed by atoms with E-state index in [2.05, 4.69) is 36.4 Å². The highest BCUT2D eigenvalue weighted by Crippen LogP contribution is 2.37. The Kier molecular flexibility index (Phi) is 5.88. The van der Waals surface area contributed by atoms with E-state index >= 15 is 0 Å². The van der Waals surface area contributed by atoms with E-state index < -0.39 is 6.10 Å². The zero-order chi connectivity index (χ0) is 19.6. The fourth-order valence-corrected chi connectivity index (χ4v) is 3.54. The third-order valence-electron chi connectivity index (χ3n) is 5.53. The first kappa shape index (κ1) is 19.5. The van der Waals surface area contributed by atoms with Crippen LogP contribution in [0, 0.1) is 6.92 Å². The zero-order valence-corrected chi connectivity index (χ0v) is 17.1. The average Bonchev–Trinajstić information content (AvgIpc) is 2.91. The molecule has 27 heavy (non-hydrogen) atoms. The van der Waals surface area contributed by atoms with Crippen LogP contribution < -0.4 is 10.1 Å². The van der Waals surface area contributed by atoms with E-state index in [0.29, 0.717) is 18.4 Å². The van der Waals surface area contributed by atoms with Crippen LogP contribution in [0.5, 0.6) is 5.75 Å². The number of carbonyl (C=O) groups is 1. The first-order chi connectivity index (χ1) is 12.9. The molecule has 1 N–H and O–H groups in total.